The van der Waals surface area contributed by atoms with Crippen molar-refractivity contribution in [1.29, 1.82) is 5.26 Å². The van der Waals surface area contributed by atoms with E-state index in [-0.39, 0.29) is 13.2 Å². The molecule has 0 heterocycles. The summed E-state index contributed by atoms with van der Waals surface area (Å²) in [4.78, 5) is 22.5. The van der Waals surface area contributed by atoms with Crippen LogP contribution >= 0.6 is 0 Å². The molecule has 1 aromatic carbocycles. The molecule has 0 atom stereocenters. The van der Waals surface area contributed by atoms with E-state index < -0.39 is 11.9 Å². The average molecular weight is 261 g/mol. The summed E-state index contributed by atoms with van der Waals surface area (Å²) < 4.78 is 9.51. The van der Waals surface area contributed by atoms with Gasteiger partial charge in [0.2, 0.25) is 0 Å². The molecule has 1 rings (SSSR count). The first-order valence-corrected chi connectivity index (χ1v) is 6.00. The summed E-state index contributed by atoms with van der Waals surface area (Å²) in [7, 11) is 0. The van der Waals surface area contributed by atoms with Gasteiger partial charge >= 0.3 is 11.9 Å². The number of hydrogen-bond donors (Lipinski definition) is 0. The van der Waals surface area contributed by atoms with Crippen LogP contribution in [0.1, 0.15) is 30.9 Å². The fourth-order valence-electron chi connectivity index (χ4n) is 1.25. The standard InChI is InChI=1S/C14H15NO4/c1-2-3-8-18-13(16)14(17)19-10-12-6-4-11(9-15)5-7-12/h4-7H,2-3,8,10H2,1H3. The summed E-state index contributed by atoms with van der Waals surface area (Å²) in [5.74, 6) is -1.97. The van der Waals surface area contributed by atoms with E-state index in [1.165, 1.54) is 0 Å². The molecule has 0 unspecified atom stereocenters. The van der Waals surface area contributed by atoms with Crippen LogP contribution in [0.4, 0.5) is 0 Å². The Bertz CT molecular complexity index is 473. The Labute approximate surface area is 111 Å². The number of hydrogen-bond acceptors (Lipinski definition) is 5. The number of benzene rings is 1. The molecule has 19 heavy (non-hydrogen) atoms. The Morgan fingerprint density at radius 3 is 2.37 bits per heavy atom. The van der Waals surface area contributed by atoms with Crippen molar-refractivity contribution in [2.45, 2.75) is 26.4 Å². The van der Waals surface area contributed by atoms with Crippen LogP contribution in [0.3, 0.4) is 0 Å². The number of nitriles is 1. The number of unbranched alkanes of at least 4 members (excludes halogenated alkanes) is 1. The molecular weight excluding hydrogens is 246 g/mol. The number of esters is 2. The summed E-state index contributed by atoms with van der Waals surface area (Å²) in [5.41, 5.74) is 1.22. The van der Waals surface area contributed by atoms with Crippen molar-refractivity contribution in [3.05, 3.63) is 35.4 Å². The first-order chi connectivity index (χ1) is 9.17. The van der Waals surface area contributed by atoms with Crippen LogP contribution in [0.15, 0.2) is 24.3 Å². The van der Waals surface area contributed by atoms with Gasteiger partial charge in [0.25, 0.3) is 0 Å². The van der Waals surface area contributed by atoms with Crippen molar-refractivity contribution in [2.24, 2.45) is 0 Å². The van der Waals surface area contributed by atoms with Gasteiger partial charge < -0.3 is 9.47 Å². The SMILES string of the molecule is CCCCOC(=O)C(=O)OCc1ccc(C#N)cc1. The van der Waals surface area contributed by atoms with Crippen LogP contribution in [-0.2, 0) is 25.7 Å². The maximum Gasteiger partial charge on any atom is 0.417 e. The summed E-state index contributed by atoms with van der Waals surface area (Å²) in [6.07, 6.45) is 1.60. The van der Waals surface area contributed by atoms with E-state index in [2.05, 4.69) is 0 Å². The molecule has 1 aromatic rings. The lowest BCUT2D eigenvalue weighted by atomic mass is 10.2. The fourth-order valence-corrected chi connectivity index (χ4v) is 1.25. The summed E-state index contributed by atoms with van der Waals surface area (Å²) in [6.45, 7) is 2.16. The van der Waals surface area contributed by atoms with E-state index in [1.54, 1.807) is 24.3 Å². The number of carbonyl (C=O) groups is 2. The molecule has 0 aromatic heterocycles. The van der Waals surface area contributed by atoms with Crippen molar-refractivity contribution >= 4 is 11.9 Å². The molecule has 0 saturated carbocycles. The Hall–Kier alpha value is -2.35. The lowest BCUT2D eigenvalue weighted by molar-refractivity contribution is -0.168. The molecule has 0 aliphatic carbocycles. The van der Waals surface area contributed by atoms with Crippen molar-refractivity contribution < 1.29 is 19.1 Å². The second-order valence-corrected chi connectivity index (χ2v) is 3.87. The second-order valence-electron chi connectivity index (χ2n) is 3.87. The first kappa shape index (κ1) is 14.7. The Kier molecular flexibility index (Phi) is 6.10. The maximum atomic E-state index is 11.3. The predicted octanol–water partition coefficient (Wildman–Crippen LogP) is 1.94. The van der Waals surface area contributed by atoms with Gasteiger partial charge in [-0.1, -0.05) is 25.5 Å². The number of carbonyl (C=O) groups excluding carboxylic acids is 2. The monoisotopic (exact) mass is 261 g/mol. The molecular formula is C14H15NO4. The largest absolute Gasteiger partial charge is 0.457 e. The first-order valence-electron chi connectivity index (χ1n) is 6.00. The minimum atomic E-state index is -1.000. The fraction of sp³-hybridized carbons (Fsp3) is 0.357. The van der Waals surface area contributed by atoms with Gasteiger partial charge in [0.05, 0.1) is 18.2 Å². The molecule has 0 bridgehead atoms. The van der Waals surface area contributed by atoms with Gasteiger partial charge in [-0.25, -0.2) is 9.59 Å². The Balaban J connectivity index is 2.36. The zero-order valence-corrected chi connectivity index (χ0v) is 10.7. The van der Waals surface area contributed by atoms with E-state index >= 15 is 0 Å². The highest BCUT2D eigenvalue weighted by molar-refractivity contribution is 6.29. The molecule has 0 fully saturated rings. The minimum Gasteiger partial charge on any atom is -0.457 e. The van der Waals surface area contributed by atoms with Crippen LogP contribution in [0.5, 0.6) is 0 Å². The topological polar surface area (TPSA) is 76.4 Å². The Morgan fingerprint density at radius 2 is 1.79 bits per heavy atom. The van der Waals surface area contributed by atoms with Gasteiger partial charge in [0, 0.05) is 0 Å². The molecule has 5 heteroatoms. The molecule has 0 N–H and O–H groups in total. The van der Waals surface area contributed by atoms with Gasteiger partial charge in [-0.3, -0.25) is 0 Å². The van der Waals surface area contributed by atoms with Gasteiger partial charge in [0.1, 0.15) is 6.61 Å². The lowest BCUT2D eigenvalue weighted by Crippen LogP contribution is -2.20. The van der Waals surface area contributed by atoms with E-state index in [1.807, 2.05) is 13.0 Å². The third kappa shape index (κ3) is 5.21. The molecule has 0 saturated heterocycles. The van der Waals surface area contributed by atoms with E-state index in [0.717, 1.165) is 6.42 Å². The highest BCUT2D eigenvalue weighted by Gasteiger charge is 2.16. The van der Waals surface area contributed by atoms with Crippen LogP contribution < -0.4 is 0 Å². The van der Waals surface area contributed by atoms with Crippen LogP contribution in [0, 0.1) is 11.3 Å². The van der Waals surface area contributed by atoms with Crippen LogP contribution in [0.2, 0.25) is 0 Å². The predicted molar refractivity (Wildman–Crippen MR) is 66.8 cm³/mol. The third-order valence-electron chi connectivity index (χ3n) is 2.35. The van der Waals surface area contributed by atoms with Crippen molar-refractivity contribution in [1.82, 2.24) is 0 Å². The zero-order valence-electron chi connectivity index (χ0n) is 10.7. The van der Waals surface area contributed by atoms with Crippen molar-refractivity contribution in [2.75, 3.05) is 6.61 Å². The van der Waals surface area contributed by atoms with E-state index in [4.69, 9.17) is 14.7 Å². The van der Waals surface area contributed by atoms with Crippen LogP contribution in [-0.4, -0.2) is 18.5 Å². The molecule has 0 aliphatic heterocycles. The highest BCUT2D eigenvalue weighted by Crippen LogP contribution is 2.05. The van der Waals surface area contributed by atoms with E-state index in [0.29, 0.717) is 17.5 Å². The number of ether oxygens (including phenoxy) is 2. The van der Waals surface area contributed by atoms with Gasteiger partial charge in [-0.2, -0.15) is 5.26 Å². The smallest absolute Gasteiger partial charge is 0.417 e. The summed E-state index contributed by atoms with van der Waals surface area (Å²) in [6, 6.07) is 8.53. The van der Waals surface area contributed by atoms with E-state index in [9.17, 15) is 9.59 Å². The number of nitrogens with zero attached hydrogens (tertiary/aromatic N) is 1. The summed E-state index contributed by atoms with van der Waals surface area (Å²) in [5, 5.41) is 8.63. The lowest BCUT2D eigenvalue weighted by Gasteiger charge is -2.05. The molecule has 0 aliphatic rings. The van der Waals surface area contributed by atoms with Gasteiger partial charge in [-0.15, -0.1) is 0 Å². The molecule has 100 valence electrons. The van der Waals surface area contributed by atoms with Gasteiger partial charge in [0.15, 0.2) is 0 Å². The quantitative estimate of drug-likeness (QED) is 0.460. The maximum absolute atomic E-state index is 11.3. The average Bonchev–Trinajstić information content (AvgIpc) is 2.45. The highest BCUT2D eigenvalue weighted by atomic mass is 16.6. The molecule has 0 spiro atoms. The summed E-state index contributed by atoms with van der Waals surface area (Å²) >= 11 is 0. The normalized spacial score (nSPS) is 9.47. The van der Waals surface area contributed by atoms with Crippen LogP contribution in [0.25, 0.3) is 0 Å². The van der Waals surface area contributed by atoms with Crippen molar-refractivity contribution in [3.63, 3.8) is 0 Å². The second kappa shape index (κ2) is 7.88. The Morgan fingerprint density at radius 1 is 1.16 bits per heavy atom. The number of rotatable bonds is 5. The van der Waals surface area contributed by atoms with Gasteiger partial charge in [-0.05, 0) is 24.1 Å². The molecule has 0 amide bonds. The minimum absolute atomic E-state index is 0.0204. The zero-order chi connectivity index (χ0) is 14.1. The molecule has 0 radical (unpaired) electrons. The van der Waals surface area contributed by atoms with Crippen molar-refractivity contribution in [3.8, 4) is 6.07 Å². The molecule has 5 nitrogen and oxygen atoms in total. The third-order valence-corrected chi connectivity index (χ3v) is 2.35.